The minimum Gasteiger partial charge on any atom is -0.477 e. The summed E-state index contributed by atoms with van der Waals surface area (Å²) in [7, 11) is 0. The van der Waals surface area contributed by atoms with Gasteiger partial charge in [-0.05, 0) is 31.1 Å². The van der Waals surface area contributed by atoms with E-state index in [-0.39, 0.29) is 12.5 Å². The van der Waals surface area contributed by atoms with E-state index >= 15 is 0 Å². The van der Waals surface area contributed by atoms with Gasteiger partial charge >= 0.3 is 5.97 Å². The van der Waals surface area contributed by atoms with E-state index in [2.05, 4.69) is 4.98 Å². The number of aryl methyl sites for hydroxylation is 1. The Balaban J connectivity index is 2.51. The van der Waals surface area contributed by atoms with Crippen LogP contribution >= 0.6 is 0 Å². The number of carboxylic acid groups (broad SMARTS) is 1. The van der Waals surface area contributed by atoms with E-state index in [1.807, 2.05) is 19.1 Å². The molecule has 2 heterocycles. The number of rotatable bonds is 6. The average molecular weight is 310 g/mol. The van der Waals surface area contributed by atoms with Crippen molar-refractivity contribution < 1.29 is 14.6 Å². The van der Waals surface area contributed by atoms with Gasteiger partial charge in [0.2, 0.25) is 5.88 Å². The van der Waals surface area contributed by atoms with Crippen LogP contribution in [-0.4, -0.2) is 27.1 Å². The molecule has 116 valence electrons. The molecule has 0 saturated carbocycles. The zero-order valence-electron chi connectivity index (χ0n) is 12.5. The highest BCUT2D eigenvalue weighted by atomic mass is 16.5. The van der Waals surface area contributed by atoms with Crippen molar-refractivity contribution in [3.63, 3.8) is 0 Å². The second-order valence-corrected chi connectivity index (χ2v) is 4.77. The SMILES string of the molecule is Cc1cccn2c(C=C(C#N)C(=O)O)c(OCCCC#N)nc12. The van der Waals surface area contributed by atoms with Crippen LogP contribution in [0.2, 0.25) is 0 Å². The number of pyridine rings is 1. The molecular weight excluding hydrogens is 296 g/mol. The van der Waals surface area contributed by atoms with Crippen LogP contribution in [0.25, 0.3) is 11.7 Å². The molecule has 0 aliphatic carbocycles. The summed E-state index contributed by atoms with van der Waals surface area (Å²) >= 11 is 0. The summed E-state index contributed by atoms with van der Waals surface area (Å²) in [6.45, 7) is 2.16. The smallest absolute Gasteiger partial charge is 0.346 e. The van der Waals surface area contributed by atoms with E-state index in [1.54, 1.807) is 22.7 Å². The van der Waals surface area contributed by atoms with E-state index < -0.39 is 11.5 Å². The van der Waals surface area contributed by atoms with E-state index in [1.165, 1.54) is 6.08 Å². The van der Waals surface area contributed by atoms with Crippen LogP contribution < -0.4 is 4.74 Å². The summed E-state index contributed by atoms with van der Waals surface area (Å²) in [4.78, 5) is 15.4. The molecule has 2 aromatic heterocycles. The van der Waals surface area contributed by atoms with Gasteiger partial charge in [-0.3, -0.25) is 4.40 Å². The van der Waals surface area contributed by atoms with Crippen molar-refractivity contribution in [2.45, 2.75) is 19.8 Å². The number of hydrogen-bond donors (Lipinski definition) is 1. The minimum absolute atomic E-state index is 0.242. The molecule has 1 N–H and O–H groups in total. The molecule has 0 atom stereocenters. The van der Waals surface area contributed by atoms with Crippen molar-refractivity contribution in [1.82, 2.24) is 9.38 Å². The molecule has 2 aromatic rings. The first kappa shape index (κ1) is 16.1. The van der Waals surface area contributed by atoms with Crippen LogP contribution in [0.1, 0.15) is 24.1 Å². The Morgan fingerprint density at radius 2 is 2.30 bits per heavy atom. The highest BCUT2D eigenvalue weighted by Crippen LogP contribution is 2.24. The average Bonchev–Trinajstić information content (AvgIpc) is 2.88. The van der Waals surface area contributed by atoms with Crippen molar-refractivity contribution in [1.29, 1.82) is 10.5 Å². The number of nitrogens with zero attached hydrogens (tertiary/aromatic N) is 4. The number of unbranched alkanes of at least 4 members (excludes halogenated alkanes) is 1. The van der Waals surface area contributed by atoms with Crippen LogP contribution in [-0.2, 0) is 4.79 Å². The Morgan fingerprint density at radius 1 is 1.52 bits per heavy atom. The van der Waals surface area contributed by atoms with Crippen LogP contribution in [0.3, 0.4) is 0 Å². The molecule has 0 amide bonds. The van der Waals surface area contributed by atoms with Gasteiger partial charge in [-0.15, -0.1) is 0 Å². The lowest BCUT2D eigenvalue weighted by molar-refractivity contribution is -0.132. The van der Waals surface area contributed by atoms with Crippen LogP contribution in [0.15, 0.2) is 23.9 Å². The molecule has 0 unspecified atom stereocenters. The minimum atomic E-state index is -1.31. The van der Waals surface area contributed by atoms with Gasteiger partial charge in [0, 0.05) is 12.6 Å². The predicted octanol–water partition coefficient (Wildman–Crippen LogP) is 2.32. The highest BCUT2D eigenvalue weighted by Gasteiger charge is 2.16. The Bertz CT molecular complexity index is 853. The molecule has 0 bridgehead atoms. The number of carbonyl (C=O) groups is 1. The predicted molar refractivity (Wildman–Crippen MR) is 81.5 cm³/mol. The zero-order chi connectivity index (χ0) is 16.8. The Labute approximate surface area is 132 Å². The summed E-state index contributed by atoms with van der Waals surface area (Å²) in [6.07, 6.45) is 3.86. The fourth-order valence-electron chi connectivity index (χ4n) is 2.04. The molecule has 2 rings (SSSR count). The molecule has 0 aromatic carbocycles. The fourth-order valence-corrected chi connectivity index (χ4v) is 2.04. The maximum atomic E-state index is 11.1. The molecule has 0 aliphatic heterocycles. The number of fused-ring (bicyclic) bond motifs is 1. The van der Waals surface area contributed by atoms with Gasteiger partial charge in [0.15, 0.2) is 0 Å². The van der Waals surface area contributed by atoms with Gasteiger partial charge in [0.05, 0.1) is 12.7 Å². The monoisotopic (exact) mass is 310 g/mol. The standard InChI is InChI=1S/C16H14N4O3/c1-11-5-4-7-20-13(9-12(10-18)16(21)22)15(19-14(11)20)23-8-3-2-6-17/h4-5,7,9H,2-3,8H2,1H3,(H,21,22). The van der Waals surface area contributed by atoms with Crippen molar-refractivity contribution in [2.24, 2.45) is 0 Å². The second kappa shape index (κ2) is 7.10. The third-order valence-electron chi connectivity index (χ3n) is 3.15. The highest BCUT2D eigenvalue weighted by molar-refractivity contribution is 5.96. The molecule has 0 spiro atoms. The van der Waals surface area contributed by atoms with Crippen LogP contribution in [0.5, 0.6) is 5.88 Å². The summed E-state index contributed by atoms with van der Waals surface area (Å²) in [5.41, 5.74) is 1.49. The summed E-state index contributed by atoms with van der Waals surface area (Å²) in [5.74, 6) is -1.07. The van der Waals surface area contributed by atoms with Gasteiger partial charge in [-0.1, -0.05) is 6.07 Å². The maximum Gasteiger partial charge on any atom is 0.346 e. The largest absolute Gasteiger partial charge is 0.477 e. The van der Waals surface area contributed by atoms with Gasteiger partial charge in [0.1, 0.15) is 23.0 Å². The number of aromatic nitrogens is 2. The molecular formula is C16H14N4O3. The van der Waals surface area contributed by atoms with Crippen molar-refractivity contribution >= 4 is 17.7 Å². The Hall–Kier alpha value is -3.32. The lowest BCUT2D eigenvalue weighted by Crippen LogP contribution is -2.01. The quantitative estimate of drug-likeness (QED) is 0.498. The second-order valence-electron chi connectivity index (χ2n) is 4.77. The molecule has 7 nitrogen and oxygen atoms in total. The third-order valence-corrected chi connectivity index (χ3v) is 3.15. The molecule has 7 heteroatoms. The summed E-state index contributed by atoms with van der Waals surface area (Å²) in [6, 6.07) is 7.34. The van der Waals surface area contributed by atoms with Crippen molar-refractivity contribution in [3.8, 4) is 18.0 Å². The van der Waals surface area contributed by atoms with E-state index in [4.69, 9.17) is 20.4 Å². The van der Waals surface area contributed by atoms with E-state index in [0.717, 1.165) is 5.56 Å². The van der Waals surface area contributed by atoms with Gasteiger partial charge in [0.25, 0.3) is 0 Å². The fraction of sp³-hybridized carbons (Fsp3) is 0.250. The molecule has 0 aliphatic rings. The molecule has 23 heavy (non-hydrogen) atoms. The van der Waals surface area contributed by atoms with Crippen LogP contribution in [0, 0.1) is 29.6 Å². The first-order valence-electron chi connectivity index (χ1n) is 6.91. The number of hydrogen-bond acceptors (Lipinski definition) is 5. The first-order valence-corrected chi connectivity index (χ1v) is 6.91. The lowest BCUT2D eigenvalue weighted by atomic mass is 10.2. The van der Waals surface area contributed by atoms with E-state index in [9.17, 15) is 4.79 Å². The number of carboxylic acids is 1. The first-order chi connectivity index (χ1) is 11.1. The molecule has 0 fully saturated rings. The van der Waals surface area contributed by atoms with Crippen molar-refractivity contribution in [2.75, 3.05) is 6.61 Å². The third kappa shape index (κ3) is 3.47. The number of ether oxygens (including phenoxy) is 1. The lowest BCUT2D eigenvalue weighted by Gasteiger charge is -2.03. The topological polar surface area (TPSA) is 111 Å². The van der Waals surface area contributed by atoms with E-state index in [0.29, 0.717) is 24.2 Å². The van der Waals surface area contributed by atoms with Gasteiger partial charge in [-0.25, -0.2) is 4.79 Å². The molecule has 0 radical (unpaired) electrons. The summed E-state index contributed by atoms with van der Waals surface area (Å²) < 4.78 is 7.25. The number of aliphatic carboxylic acids is 1. The van der Waals surface area contributed by atoms with Gasteiger partial charge < -0.3 is 9.84 Å². The number of nitriles is 2. The number of imidazole rings is 1. The summed E-state index contributed by atoms with van der Waals surface area (Å²) in [5, 5.41) is 26.5. The molecule has 0 saturated heterocycles. The maximum absolute atomic E-state index is 11.1. The normalized spacial score (nSPS) is 11.0. The van der Waals surface area contributed by atoms with Crippen LogP contribution in [0.4, 0.5) is 0 Å². The van der Waals surface area contributed by atoms with Gasteiger partial charge in [-0.2, -0.15) is 15.5 Å². The zero-order valence-corrected chi connectivity index (χ0v) is 12.5. The Kier molecular flexibility index (Phi) is 4.96. The van der Waals surface area contributed by atoms with Crippen molar-refractivity contribution in [3.05, 3.63) is 35.2 Å². The Morgan fingerprint density at radius 3 is 2.96 bits per heavy atom.